The molecule has 0 bridgehead atoms. The van der Waals surface area contributed by atoms with Crippen LogP contribution in [-0.2, 0) is 4.79 Å². The molecule has 1 heterocycles. The van der Waals surface area contributed by atoms with Gasteiger partial charge in [-0.05, 0) is 25.8 Å². The monoisotopic (exact) mass is 212 g/mol. The Kier molecular flexibility index (Phi) is 5.09. The first kappa shape index (κ1) is 12.5. The highest BCUT2D eigenvalue weighted by Crippen LogP contribution is 2.28. The molecule has 3 nitrogen and oxygen atoms in total. The standard InChI is InChI=1S/C10H18N2O.C2H6/c1-12(9-5-6-11-7-9)10(13)8-3-2-4-8;1-2/h8-9,11H,2-7H2,1H3;1-2H3/t9-;/m0./s1. The molecule has 2 fully saturated rings. The Morgan fingerprint density at radius 1 is 1.27 bits per heavy atom. The van der Waals surface area contributed by atoms with Gasteiger partial charge in [0.25, 0.3) is 0 Å². The molecular formula is C12H24N2O. The second-order valence-corrected chi connectivity index (χ2v) is 4.22. The van der Waals surface area contributed by atoms with Gasteiger partial charge in [0.05, 0.1) is 0 Å². The van der Waals surface area contributed by atoms with Crippen molar-refractivity contribution in [2.24, 2.45) is 5.92 Å². The Bertz CT molecular complexity index is 196. The fourth-order valence-electron chi connectivity index (χ4n) is 2.09. The molecular weight excluding hydrogens is 188 g/mol. The molecule has 0 aromatic heterocycles. The molecule has 15 heavy (non-hydrogen) atoms. The van der Waals surface area contributed by atoms with Crippen LogP contribution in [0.5, 0.6) is 0 Å². The summed E-state index contributed by atoms with van der Waals surface area (Å²) in [7, 11) is 1.96. The van der Waals surface area contributed by atoms with Crippen molar-refractivity contribution in [3.05, 3.63) is 0 Å². The van der Waals surface area contributed by atoms with E-state index in [1.165, 1.54) is 6.42 Å². The molecule has 0 spiro atoms. The summed E-state index contributed by atoms with van der Waals surface area (Å²) in [5, 5.41) is 3.29. The summed E-state index contributed by atoms with van der Waals surface area (Å²) in [5.74, 6) is 0.727. The van der Waals surface area contributed by atoms with E-state index in [0.717, 1.165) is 32.4 Å². The van der Waals surface area contributed by atoms with Crippen LogP contribution in [0.3, 0.4) is 0 Å². The van der Waals surface area contributed by atoms with Crippen LogP contribution >= 0.6 is 0 Å². The van der Waals surface area contributed by atoms with Crippen molar-refractivity contribution in [1.82, 2.24) is 10.2 Å². The summed E-state index contributed by atoms with van der Waals surface area (Å²) in [5.41, 5.74) is 0. The van der Waals surface area contributed by atoms with Gasteiger partial charge in [-0.2, -0.15) is 0 Å². The SMILES string of the molecule is CC.CN(C(=O)C1CCC1)[C@H]1CCNC1. The first-order valence-electron chi connectivity index (χ1n) is 6.26. The molecule has 2 rings (SSSR count). The predicted molar refractivity (Wildman–Crippen MR) is 62.7 cm³/mol. The molecule has 0 aromatic carbocycles. The summed E-state index contributed by atoms with van der Waals surface area (Å²) in [6.45, 7) is 6.04. The van der Waals surface area contributed by atoms with Gasteiger partial charge in [-0.25, -0.2) is 0 Å². The number of nitrogens with one attached hydrogen (secondary N) is 1. The fourth-order valence-corrected chi connectivity index (χ4v) is 2.09. The molecule has 3 heteroatoms. The lowest BCUT2D eigenvalue weighted by Crippen LogP contribution is -2.43. The summed E-state index contributed by atoms with van der Waals surface area (Å²) in [4.78, 5) is 13.8. The van der Waals surface area contributed by atoms with Crippen molar-refractivity contribution >= 4 is 5.91 Å². The van der Waals surface area contributed by atoms with Gasteiger partial charge in [-0.1, -0.05) is 20.3 Å². The third kappa shape index (κ3) is 2.94. The molecule has 0 unspecified atom stereocenters. The highest BCUT2D eigenvalue weighted by atomic mass is 16.2. The molecule has 2 aliphatic rings. The second kappa shape index (κ2) is 6.11. The number of hydrogen-bond acceptors (Lipinski definition) is 2. The topological polar surface area (TPSA) is 32.3 Å². The van der Waals surface area contributed by atoms with Gasteiger partial charge in [0.1, 0.15) is 0 Å². The number of likely N-dealkylation sites (N-methyl/N-ethyl adjacent to an activating group) is 1. The molecule has 1 saturated heterocycles. The zero-order valence-electron chi connectivity index (χ0n) is 10.3. The fraction of sp³-hybridized carbons (Fsp3) is 0.917. The molecule has 1 saturated carbocycles. The molecule has 88 valence electrons. The number of carbonyl (C=O) groups is 1. The minimum Gasteiger partial charge on any atom is -0.341 e. The van der Waals surface area contributed by atoms with E-state index in [0.29, 0.717) is 17.9 Å². The van der Waals surface area contributed by atoms with E-state index < -0.39 is 0 Å². The molecule has 1 amide bonds. The largest absolute Gasteiger partial charge is 0.341 e. The minimum absolute atomic E-state index is 0.352. The average Bonchev–Trinajstić information content (AvgIpc) is 2.70. The van der Waals surface area contributed by atoms with Crippen LogP contribution in [-0.4, -0.2) is 37.0 Å². The van der Waals surface area contributed by atoms with Gasteiger partial charge in [-0.3, -0.25) is 4.79 Å². The van der Waals surface area contributed by atoms with Gasteiger partial charge in [0, 0.05) is 25.6 Å². The van der Waals surface area contributed by atoms with Gasteiger partial charge < -0.3 is 10.2 Å². The third-order valence-electron chi connectivity index (χ3n) is 3.38. The lowest BCUT2D eigenvalue weighted by molar-refractivity contribution is -0.138. The molecule has 0 radical (unpaired) electrons. The summed E-state index contributed by atoms with van der Waals surface area (Å²) in [6.07, 6.45) is 4.59. The van der Waals surface area contributed by atoms with Crippen LogP contribution in [0.15, 0.2) is 0 Å². The average molecular weight is 212 g/mol. The van der Waals surface area contributed by atoms with Crippen LogP contribution < -0.4 is 5.32 Å². The second-order valence-electron chi connectivity index (χ2n) is 4.22. The number of hydrogen-bond donors (Lipinski definition) is 1. The maximum absolute atomic E-state index is 11.8. The van der Waals surface area contributed by atoms with E-state index in [1.807, 2.05) is 25.8 Å². The van der Waals surface area contributed by atoms with E-state index in [9.17, 15) is 4.79 Å². The van der Waals surface area contributed by atoms with Crippen LogP contribution in [0.1, 0.15) is 39.5 Å². The summed E-state index contributed by atoms with van der Waals surface area (Å²) in [6, 6.07) is 0.452. The maximum atomic E-state index is 11.8. The van der Waals surface area contributed by atoms with E-state index in [2.05, 4.69) is 5.32 Å². The third-order valence-corrected chi connectivity index (χ3v) is 3.38. The first-order chi connectivity index (χ1) is 7.29. The normalized spacial score (nSPS) is 25.1. The van der Waals surface area contributed by atoms with E-state index in [-0.39, 0.29) is 0 Å². The number of carbonyl (C=O) groups excluding carboxylic acids is 1. The van der Waals surface area contributed by atoms with Crippen molar-refractivity contribution < 1.29 is 4.79 Å². The molecule has 0 aromatic rings. The maximum Gasteiger partial charge on any atom is 0.225 e. The summed E-state index contributed by atoms with van der Waals surface area (Å²) >= 11 is 0. The highest BCUT2D eigenvalue weighted by molar-refractivity contribution is 5.79. The number of amides is 1. The Hall–Kier alpha value is -0.570. The van der Waals surface area contributed by atoms with Crippen molar-refractivity contribution in [2.45, 2.75) is 45.6 Å². The van der Waals surface area contributed by atoms with Crippen molar-refractivity contribution in [1.29, 1.82) is 0 Å². The minimum atomic E-state index is 0.352. The van der Waals surface area contributed by atoms with Gasteiger partial charge in [0.2, 0.25) is 5.91 Å². The lowest BCUT2D eigenvalue weighted by atomic mass is 9.84. The number of rotatable bonds is 2. The number of nitrogens with zero attached hydrogens (tertiary/aromatic N) is 1. The van der Waals surface area contributed by atoms with E-state index >= 15 is 0 Å². The van der Waals surface area contributed by atoms with Crippen molar-refractivity contribution in [2.75, 3.05) is 20.1 Å². The Morgan fingerprint density at radius 2 is 1.93 bits per heavy atom. The predicted octanol–water partition coefficient (Wildman–Crippen LogP) is 1.63. The highest BCUT2D eigenvalue weighted by Gasteiger charge is 2.31. The Balaban J connectivity index is 0.000000531. The first-order valence-corrected chi connectivity index (χ1v) is 6.26. The van der Waals surface area contributed by atoms with Crippen molar-refractivity contribution in [3.63, 3.8) is 0 Å². The van der Waals surface area contributed by atoms with Gasteiger partial charge >= 0.3 is 0 Å². The molecule has 1 aliphatic carbocycles. The van der Waals surface area contributed by atoms with Gasteiger partial charge in [-0.15, -0.1) is 0 Å². The van der Waals surface area contributed by atoms with Crippen molar-refractivity contribution in [3.8, 4) is 0 Å². The Labute approximate surface area is 93.2 Å². The Morgan fingerprint density at radius 3 is 2.33 bits per heavy atom. The van der Waals surface area contributed by atoms with E-state index in [1.54, 1.807) is 0 Å². The van der Waals surface area contributed by atoms with Gasteiger partial charge in [0.15, 0.2) is 0 Å². The lowest BCUT2D eigenvalue weighted by Gasteiger charge is -2.32. The van der Waals surface area contributed by atoms with Crippen LogP contribution in [0.2, 0.25) is 0 Å². The van der Waals surface area contributed by atoms with Crippen LogP contribution in [0.4, 0.5) is 0 Å². The zero-order chi connectivity index (χ0) is 11.3. The zero-order valence-corrected chi connectivity index (χ0v) is 10.3. The smallest absolute Gasteiger partial charge is 0.225 e. The van der Waals surface area contributed by atoms with Crippen LogP contribution in [0, 0.1) is 5.92 Å². The molecule has 1 atom stereocenters. The molecule has 1 aliphatic heterocycles. The molecule has 1 N–H and O–H groups in total. The summed E-state index contributed by atoms with van der Waals surface area (Å²) < 4.78 is 0. The quantitative estimate of drug-likeness (QED) is 0.754. The van der Waals surface area contributed by atoms with Crippen LogP contribution in [0.25, 0.3) is 0 Å². The van der Waals surface area contributed by atoms with E-state index in [4.69, 9.17) is 0 Å².